The van der Waals surface area contributed by atoms with E-state index in [0.29, 0.717) is 5.56 Å². The van der Waals surface area contributed by atoms with Crippen LogP contribution < -0.4 is 5.73 Å². The minimum Gasteiger partial charge on any atom is -0.399 e. The summed E-state index contributed by atoms with van der Waals surface area (Å²) in [7, 11) is 0. The van der Waals surface area contributed by atoms with E-state index >= 15 is 0 Å². The van der Waals surface area contributed by atoms with E-state index in [4.69, 9.17) is 5.73 Å². The number of rotatable bonds is 2. The van der Waals surface area contributed by atoms with Crippen molar-refractivity contribution >= 4 is 39.0 Å². The molecule has 0 radical (unpaired) electrons. The second-order valence-electron chi connectivity index (χ2n) is 4.42. The van der Waals surface area contributed by atoms with Crippen molar-refractivity contribution in [1.29, 1.82) is 5.26 Å². The number of nitrogens with two attached hydrogens (primary N) is 1. The lowest BCUT2D eigenvalue weighted by Gasteiger charge is -2.01. The molecule has 0 unspecified atom stereocenters. The molecule has 0 aliphatic heterocycles. The fraction of sp³-hybridized carbons (Fsp3) is 0.0667. The van der Waals surface area contributed by atoms with E-state index in [2.05, 4.69) is 11.1 Å². The van der Waals surface area contributed by atoms with Gasteiger partial charge in [-0.05, 0) is 42.8 Å². The van der Waals surface area contributed by atoms with Crippen molar-refractivity contribution in [2.75, 3.05) is 5.73 Å². The molecule has 0 aliphatic carbocycles. The first-order chi connectivity index (χ1) is 9.65. The lowest BCUT2D eigenvalue weighted by atomic mass is 10.2. The molecular formula is C15H11N3S2. The minimum absolute atomic E-state index is 0.689. The number of aromatic nitrogens is 1. The molecule has 2 aromatic carbocycles. The van der Waals surface area contributed by atoms with Crippen LogP contribution in [0.3, 0.4) is 0 Å². The number of nitrogen functional groups attached to an aromatic ring is 1. The van der Waals surface area contributed by atoms with Crippen LogP contribution in [0.5, 0.6) is 0 Å². The molecule has 0 fully saturated rings. The lowest BCUT2D eigenvalue weighted by Crippen LogP contribution is -1.83. The Morgan fingerprint density at radius 1 is 1.25 bits per heavy atom. The number of hydrogen-bond acceptors (Lipinski definition) is 5. The SMILES string of the molecule is Cc1ccc(Sc2nc3ccc(N)cc3s2)c(C#N)c1. The Morgan fingerprint density at radius 3 is 2.90 bits per heavy atom. The zero-order chi connectivity index (χ0) is 14.1. The maximum Gasteiger partial charge on any atom is 0.155 e. The maximum absolute atomic E-state index is 9.20. The molecule has 3 nitrogen and oxygen atoms in total. The van der Waals surface area contributed by atoms with Crippen molar-refractivity contribution in [3.8, 4) is 6.07 Å². The van der Waals surface area contributed by atoms with Gasteiger partial charge in [-0.15, -0.1) is 11.3 Å². The third-order valence-corrected chi connectivity index (χ3v) is 5.00. The number of fused-ring (bicyclic) bond motifs is 1. The smallest absolute Gasteiger partial charge is 0.155 e. The third kappa shape index (κ3) is 2.48. The van der Waals surface area contributed by atoms with Crippen LogP contribution in [0, 0.1) is 18.3 Å². The lowest BCUT2D eigenvalue weighted by molar-refractivity contribution is 1.27. The van der Waals surface area contributed by atoms with Crippen molar-refractivity contribution in [2.24, 2.45) is 0 Å². The van der Waals surface area contributed by atoms with E-state index in [9.17, 15) is 5.26 Å². The average molecular weight is 297 g/mol. The normalized spacial score (nSPS) is 10.6. The number of aryl methyl sites for hydroxylation is 1. The summed E-state index contributed by atoms with van der Waals surface area (Å²) in [6.07, 6.45) is 0. The summed E-state index contributed by atoms with van der Waals surface area (Å²) < 4.78 is 1.99. The Bertz CT molecular complexity index is 831. The van der Waals surface area contributed by atoms with Gasteiger partial charge in [0, 0.05) is 10.6 Å². The summed E-state index contributed by atoms with van der Waals surface area (Å²) in [6.45, 7) is 1.98. The molecule has 0 saturated heterocycles. The highest BCUT2D eigenvalue weighted by Gasteiger charge is 2.09. The van der Waals surface area contributed by atoms with Crippen LogP contribution in [-0.2, 0) is 0 Å². The second-order valence-corrected chi connectivity index (χ2v) is 6.74. The molecule has 0 aliphatic rings. The monoisotopic (exact) mass is 297 g/mol. The van der Waals surface area contributed by atoms with Gasteiger partial charge in [-0.1, -0.05) is 17.8 Å². The van der Waals surface area contributed by atoms with Crippen LogP contribution >= 0.6 is 23.1 Å². The molecule has 3 aromatic rings. The van der Waals surface area contributed by atoms with Gasteiger partial charge in [-0.3, -0.25) is 0 Å². The zero-order valence-electron chi connectivity index (χ0n) is 10.8. The van der Waals surface area contributed by atoms with Crippen LogP contribution in [0.2, 0.25) is 0 Å². The molecule has 3 rings (SSSR count). The third-order valence-electron chi connectivity index (χ3n) is 2.85. The number of benzene rings is 2. The molecular weight excluding hydrogens is 286 g/mol. The largest absolute Gasteiger partial charge is 0.399 e. The average Bonchev–Trinajstić information content (AvgIpc) is 2.82. The molecule has 0 spiro atoms. The van der Waals surface area contributed by atoms with Crippen LogP contribution in [0.15, 0.2) is 45.6 Å². The second kappa shape index (κ2) is 5.16. The van der Waals surface area contributed by atoms with E-state index in [1.807, 2.05) is 43.3 Å². The first kappa shape index (κ1) is 13.0. The number of anilines is 1. The van der Waals surface area contributed by atoms with Gasteiger partial charge in [-0.25, -0.2) is 4.98 Å². The van der Waals surface area contributed by atoms with Crippen molar-refractivity contribution < 1.29 is 0 Å². The number of nitrogens with zero attached hydrogens (tertiary/aromatic N) is 2. The predicted octanol–water partition coefficient (Wildman–Crippen LogP) is 4.21. The summed E-state index contributed by atoms with van der Waals surface area (Å²) in [5, 5.41) is 9.20. The molecule has 0 amide bonds. The van der Waals surface area contributed by atoms with Crippen LogP contribution in [0.4, 0.5) is 5.69 Å². The Labute approximate surface area is 125 Å². The summed E-state index contributed by atoms with van der Waals surface area (Å²) >= 11 is 3.12. The summed E-state index contributed by atoms with van der Waals surface area (Å²) in [6, 6.07) is 13.8. The fourth-order valence-electron chi connectivity index (χ4n) is 1.88. The van der Waals surface area contributed by atoms with Crippen LogP contribution in [-0.4, -0.2) is 4.98 Å². The van der Waals surface area contributed by atoms with Crippen molar-refractivity contribution in [1.82, 2.24) is 4.98 Å². The van der Waals surface area contributed by atoms with Gasteiger partial charge in [-0.2, -0.15) is 5.26 Å². The van der Waals surface area contributed by atoms with E-state index in [-0.39, 0.29) is 0 Å². The molecule has 0 bridgehead atoms. The van der Waals surface area contributed by atoms with Gasteiger partial charge < -0.3 is 5.73 Å². The first-order valence-corrected chi connectivity index (χ1v) is 7.64. The first-order valence-electron chi connectivity index (χ1n) is 6.00. The highest BCUT2D eigenvalue weighted by atomic mass is 32.2. The van der Waals surface area contributed by atoms with E-state index in [0.717, 1.165) is 30.7 Å². The van der Waals surface area contributed by atoms with Crippen molar-refractivity contribution in [2.45, 2.75) is 16.2 Å². The standard InChI is InChI=1S/C15H11N3S2/c1-9-2-5-13(10(6-9)8-16)19-15-18-12-4-3-11(17)7-14(12)20-15/h2-7H,17H2,1H3. The highest BCUT2D eigenvalue weighted by Crippen LogP contribution is 2.36. The molecule has 2 N–H and O–H groups in total. The van der Waals surface area contributed by atoms with E-state index in [1.54, 1.807) is 11.3 Å². The Morgan fingerprint density at radius 2 is 2.10 bits per heavy atom. The highest BCUT2D eigenvalue weighted by molar-refractivity contribution is 8.01. The van der Waals surface area contributed by atoms with Gasteiger partial charge in [0.25, 0.3) is 0 Å². The summed E-state index contributed by atoms with van der Waals surface area (Å²) in [5.41, 5.74) is 9.24. The molecule has 0 atom stereocenters. The predicted molar refractivity (Wildman–Crippen MR) is 84.0 cm³/mol. The van der Waals surface area contributed by atoms with Crippen molar-refractivity contribution in [3.05, 3.63) is 47.5 Å². The van der Waals surface area contributed by atoms with Crippen molar-refractivity contribution in [3.63, 3.8) is 0 Å². The molecule has 5 heteroatoms. The van der Waals surface area contributed by atoms with Gasteiger partial charge in [0.05, 0.1) is 15.8 Å². The molecule has 0 saturated carbocycles. The maximum atomic E-state index is 9.20. The summed E-state index contributed by atoms with van der Waals surface area (Å²) in [5.74, 6) is 0. The molecule has 1 heterocycles. The molecule has 20 heavy (non-hydrogen) atoms. The Hall–Kier alpha value is -2.03. The van der Waals surface area contributed by atoms with E-state index in [1.165, 1.54) is 11.8 Å². The van der Waals surface area contributed by atoms with Gasteiger partial charge in [0.1, 0.15) is 6.07 Å². The quantitative estimate of drug-likeness (QED) is 0.720. The minimum atomic E-state index is 0.689. The topological polar surface area (TPSA) is 62.7 Å². The molecule has 98 valence electrons. The number of nitriles is 1. The zero-order valence-corrected chi connectivity index (χ0v) is 12.4. The Balaban J connectivity index is 1.99. The van der Waals surface area contributed by atoms with Gasteiger partial charge in [0.2, 0.25) is 0 Å². The molecule has 1 aromatic heterocycles. The number of thiazole rings is 1. The van der Waals surface area contributed by atoms with Gasteiger partial charge >= 0.3 is 0 Å². The summed E-state index contributed by atoms with van der Waals surface area (Å²) in [4.78, 5) is 5.50. The van der Waals surface area contributed by atoms with Crippen LogP contribution in [0.25, 0.3) is 10.2 Å². The Kier molecular flexibility index (Phi) is 3.35. The van der Waals surface area contributed by atoms with Crippen LogP contribution in [0.1, 0.15) is 11.1 Å². The fourth-order valence-corrected chi connectivity index (χ4v) is 4.01. The van der Waals surface area contributed by atoms with Gasteiger partial charge in [0.15, 0.2) is 4.34 Å². The van der Waals surface area contributed by atoms with E-state index < -0.39 is 0 Å². The number of hydrogen-bond donors (Lipinski definition) is 1.